The molecule has 1 aliphatic rings. The third kappa shape index (κ3) is 2.27. The minimum Gasteiger partial charge on any atom is -0.507 e. The fourth-order valence-corrected chi connectivity index (χ4v) is 3.82. The lowest BCUT2D eigenvalue weighted by molar-refractivity contribution is 0.0583. The van der Waals surface area contributed by atoms with E-state index in [0.29, 0.717) is 5.75 Å². The highest BCUT2D eigenvalue weighted by Gasteiger charge is 2.43. The van der Waals surface area contributed by atoms with Crippen LogP contribution in [-0.4, -0.2) is 10.7 Å². The highest BCUT2D eigenvalue weighted by atomic mass is 16.5. The summed E-state index contributed by atoms with van der Waals surface area (Å²) in [4.78, 5) is 0. The van der Waals surface area contributed by atoms with Gasteiger partial charge in [0, 0.05) is 17.4 Å². The molecule has 22 heavy (non-hydrogen) atoms. The molecule has 1 heterocycles. The molecule has 2 heteroatoms. The second-order valence-electron chi connectivity index (χ2n) is 7.33. The molecule has 0 spiro atoms. The van der Waals surface area contributed by atoms with Gasteiger partial charge in [-0.05, 0) is 50.5 Å². The van der Waals surface area contributed by atoms with Gasteiger partial charge in [-0.25, -0.2) is 0 Å². The number of fused-ring (bicyclic) bond motifs is 1. The summed E-state index contributed by atoms with van der Waals surface area (Å²) in [7, 11) is 0. The van der Waals surface area contributed by atoms with E-state index in [9.17, 15) is 5.11 Å². The van der Waals surface area contributed by atoms with E-state index < -0.39 is 0 Å². The molecule has 0 radical (unpaired) electrons. The molecular weight excluding hydrogens is 272 g/mol. The summed E-state index contributed by atoms with van der Waals surface area (Å²) in [5.41, 5.74) is 3.98. The van der Waals surface area contributed by atoms with Gasteiger partial charge in [-0.2, -0.15) is 0 Å². The molecule has 116 valence electrons. The Hall–Kier alpha value is -1.96. The third-order valence-electron chi connectivity index (χ3n) is 4.78. The fourth-order valence-electron chi connectivity index (χ4n) is 3.82. The van der Waals surface area contributed by atoms with Gasteiger partial charge in [-0.1, -0.05) is 37.3 Å². The number of phenolic OH excluding ortho intramolecular Hbond substituents is 1. The summed E-state index contributed by atoms with van der Waals surface area (Å²) in [6, 6.07) is 12.5. The van der Waals surface area contributed by atoms with Crippen LogP contribution in [0, 0.1) is 13.8 Å². The first-order chi connectivity index (χ1) is 10.2. The predicted octanol–water partition coefficient (Wildman–Crippen LogP) is 4.88. The first-order valence-corrected chi connectivity index (χ1v) is 7.82. The lowest BCUT2D eigenvalue weighted by atomic mass is 9.67. The SMILES string of the molecule is Cc1cc(C2(C)CC(C)(C)Oc3ccccc32)cc(C)c1O. The largest absolute Gasteiger partial charge is 0.507 e. The standard InChI is InChI=1S/C20H24O2/c1-13-10-15(11-14(2)18(13)21)20(5)12-19(3,4)22-17-9-7-6-8-16(17)20/h6-11,21H,12H2,1-5H3. The molecule has 1 N–H and O–H groups in total. The Bertz CT molecular complexity index is 707. The topological polar surface area (TPSA) is 29.5 Å². The summed E-state index contributed by atoms with van der Waals surface area (Å²) < 4.78 is 6.17. The van der Waals surface area contributed by atoms with Gasteiger partial charge in [0.2, 0.25) is 0 Å². The van der Waals surface area contributed by atoms with Crippen LogP contribution < -0.4 is 4.74 Å². The van der Waals surface area contributed by atoms with Crippen LogP contribution in [0.25, 0.3) is 0 Å². The van der Waals surface area contributed by atoms with Crippen LogP contribution >= 0.6 is 0 Å². The van der Waals surface area contributed by atoms with Crippen molar-refractivity contribution in [1.82, 2.24) is 0 Å². The molecule has 1 atom stereocenters. The maximum Gasteiger partial charge on any atom is 0.124 e. The zero-order chi connectivity index (χ0) is 16.1. The fraction of sp³-hybridized carbons (Fsp3) is 0.400. The van der Waals surface area contributed by atoms with Crippen molar-refractivity contribution in [2.75, 3.05) is 0 Å². The Balaban J connectivity index is 2.24. The van der Waals surface area contributed by atoms with Gasteiger partial charge in [0.05, 0.1) is 0 Å². The lowest BCUT2D eigenvalue weighted by Gasteiger charge is -2.45. The Morgan fingerprint density at radius 1 is 1.00 bits per heavy atom. The maximum atomic E-state index is 10.1. The molecule has 0 aliphatic carbocycles. The van der Waals surface area contributed by atoms with Crippen molar-refractivity contribution in [3.8, 4) is 11.5 Å². The molecule has 0 fully saturated rings. The molecule has 0 saturated heterocycles. The molecule has 2 nitrogen and oxygen atoms in total. The summed E-state index contributed by atoms with van der Waals surface area (Å²) in [6.07, 6.45) is 0.903. The van der Waals surface area contributed by atoms with Crippen molar-refractivity contribution < 1.29 is 9.84 Å². The molecule has 0 saturated carbocycles. The zero-order valence-corrected chi connectivity index (χ0v) is 14.0. The molecular formula is C20H24O2. The Morgan fingerprint density at radius 2 is 1.59 bits per heavy atom. The highest BCUT2D eigenvalue weighted by molar-refractivity contribution is 5.53. The van der Waals surface area contributed by atoms with Crippen molar-refractivity contribution >= 4 is 0 Å². The first kappa shape index (κ1) is 15.0. The molecule has 1 aliphatic heterocycles. The van der Waals surface area contributed by atoms with E-state index in [1.165, 1.54) is 11.1 Å². The van der Waals surface area contributed by atoms with Crippen LogP contribution in [0.3, 0.4) is 0 Å². The number of hydrogen-bond donors (Lipinski definition) is 1. The summed E-state index contributed by atoms with van der Waals surface area (Å²) in [5, 5.41) is 10.1. The normalized spacial score (nSPS) is 22.8. The number of phenols is 1. The van der Waals surface area contributed by atoms with E-state index in [1.54, 1.807) is 0 Å². The second kappa shape index (κ2) is 4.77. The van der Waals surface area contributed by atoms with Crippen molar-refractivity contribution in [2.45, 2.75) is 52.1 Å². The van der Waals surface area contributed by atoms with Gasteiger partial charge >= 0.3 is 0 Å². The Morgan fingerprint density at radius 3 is 2.23 bits per heavy atom. The monoisotopic (exact) mass is 296 g/mol. The lowest BCUT2D eigenvalue weighted by Crippen LogP contribution is -2.43. The average Bonchev–Trinajstić information content (AvgIpc) is 2.43. The molecule has 1 unspecified atom stereocenters. The number of hydrogen-bond acceptors (Lipinski definition) is 2. The van der Waals surface area contributed by atoms with Crippen LogP contribution in [0.4, 0.5) is 0 Å². The van der Waals surface area contributed by atoms with Gasteiger partial charge in [0.1, 0.15) is 17.1 Å². The molecule has 2 aromatic carbocycles. The molecule has 3 rings (SSSR count). The number of benzene rings is 2. The summed E-state index contributed by atoms with van der Waals surface area (Å²) in [5.74, 6) is 1.36. The van der Waals surface area contributed by atoms with E-state index in [-0.39, 0.29) is 11.0 Å². The maximum absolute atomic E-state index is 10.1. The quantitative estimate of drug-likeness (QED) is 0.813. The first-order valence-electron chi connectivity index (χ1n) is 7.82. The molecule has 0 bridgehead atoms. The van der Waals surface area contributed by atoms with Gasteiger partial charge in [-0.3, -0.25) is 0 Å². The smallest absolute Gasteiger partial charge is 0.124 e. The van der Waals surface area contributed by atoms with Gasteiger partial charge < -0.3 is 9.84 Å². The van der Waals surface area contributed by atoms with Crippen molar-refractivity contribution in [3.63, 3.8) is 0 Å². The zero-order valence-electron chi connectivity index (χ0n) is 14.0. The minimum atomic E-state index is -0.219. The second-order valence-corrected chi connectivity index (χ2v) is 7.33. The van der Waals surface area contributed by atoms with E-state index in [4.69, 9.17) is 4.74 Å². The van der Waals surface area contributed by atoms with Crippen molar-refractivity contribution in [3.05, 3.63) is 58.7 Å². The predicted molar refractivity (Wildman–Crippen MR) is 89.8 cm³/mol. The van der Waals surface area contributed by atoms with Crippen LogP contribution in [0.2, 0.25) is 0 Å². The van der Waals surface area contributed by atoms with Crippen molar-refractivity contribution in [2.24, 2.45) is 0 Å². The Labute approximate surface area is 132 Å². The molecule has 2 aromatic rings. The van der Waals surface area contributed by atoms with Gasteiger partial charge in [0.15, 0.2) is 0 Å². The van der Waals surface area contributed by atoms with Crippen LogP contribution in [0.15, 0.2) is 36.4 Å². The van der Waals surface area contributed by atoms with E-state index in [2.05, 4.69) is 51.1 Å². The molecule has 0 aromatic heterocycles. The van der Waals surface area contributed by atoms with E-state index in [0.717, 1.165) is 23.3 Å². The summed E-state index contributed by atoms with van der Waals surface area (Å²) >= 11 is 0. The van der Waals surface area contributed by atoms with Gasteiger partial charge in [-0.15, -0.1) is 0 Å². The number of aromatic hydroxyl groups is 1. The van der Waals surface area contributed by atoms with Crippen LogP contribution in [0.5, 0.6) is 11.5 Å². The summed E-state index contributed by atoms with van der Waals surface area (Å²) in [6.45, 7) is 10.5. The van der Waals surface area contributed by atoms with E-state index >= 15 is 0 Å². The highest BCUT2D eigenvalue weighted by Crippen LogP contribution is 2.49. The average molecular weight is 296 g/mol. The number of para-hydroxylation sites is 1. The third-order valence-corrected chi connectivity index (χ3v) is 4.78. The van der Waals surface area contributed by atoms with E-state index in [1.807, 2.05) is 19.9 Å². The number of ether oxygens (including phenoxy) is 1. The molecule has 0 amide bonds. The minimum absolute atomic E-state index is 0.123. The van der Waals surface area contributed by atoms with Crippen LogP contribution in [0.1, 0.15) is 49.4 Å². The number of rotatable bonds is 1. The van der Waals surface area contributed by atoms with Gasteiger partial charge in [0.25, 0.3) is 0 Å². The Kier molecular flexibility index (Phi) is 3.24. The van der Waals surface area contributed by atoms with Crippen molar-refractivity contribution in [1.29, 1.82) is 0 Å². The van der Waals surface area contributed by atoms with Crippen LogP contribution in [-0.2, 0) is 5.41 Å². The number of aryl methyl sites for hydroxylation is 2.